The molecule has 4 N–H and O–H groups in total. The number of thiazole rings is 1. The van der Waals surface area contributed by atoms with E-state index in [9.17, 15) is 9.59 Å². The zero-order chi connectivity index (χ0) is 20.4. The van der Waals surface area contributed by atoms with Gasteiger partial charge in [0.2, 0.25) is 5.91 Å². The fraction of sp³-hybridized carbons (Fsp3) is 0.421. The van der Waals surface area contributed by atoms with Crippen LogP contribution < -0.4 is 21.3 Å². The molecule has 0 radical (unpaired) electrons. The molecule has 0 bridgehead atoms. The molecule has 0 aromatic carbocycles. The van der Waals surface area contributed by atoms with Crippen LogP contribution in [0, 0.1) is 0 Å². The number of carbonyl (C=O) groups is 2. The van der Waals surface area contributed by atoms with Crippen molar-refractivity contribution in [1.82, 2.24) is 30.9 Å². The van der Waals surface area contributed by atoms with E-state index in [0.717, 1.165) is 21.5 Å². The predicted octanol–water partition coefficient (Wildman–Crippen LogP) is 2.25. The van der Waals surface area contributed by atoms with E-state index >= 15 is 0 Å². The molecule has 1 fully saturated rings. The van der Waals surface area contributed by atoms with E-state index in [-0.39, 0.29) is 24.4 Å². The van der Waals surface area contributed by atoms with Crippen molar-refractivity contribution >= 4 is 43.9 Å². The van der Waals surface area contributed by atoms with Crippen LogP contribution in [0.1, 0.15) is 43.0 Å². The summed E-state index contributed by atoms with van der Waals surface area (Å²) < 4.78 is 2.57. The van der Waals surface area contributed by atoms with Crippen LogP contribution in [0.4, 0.5) is 0 Å². The van der Waals surface area contributed by atoms with Crippen LogP contribution in [0.5, 0.6) is 0 Å². The second-order valence-corrected chi connectivity index (χ2v) is 9.71. The first-order valence-electron chi connectivity index (χ1n) is 9.64. The van der Waals surface area contributed by atoms with Crippen LogP contribution in [0.15, 0.2) is 39.9 Å². The minimum absolute atomic E-state index is 0.0858. The predicted molar refractivity (Wildman–Crippen MR) is 115 cm³/mol. The summed E-state index contributed by atoms with van der Waals surface area (Å²) >= 11 is 4.86. The van der Waals surface area contributed by atoms with Gasteiger partial charge in [-0.1, -0.05) is 12.8 Å². The number of dihydropyridines is 1. The van der Waals surface area contributed by atoms with Gasteiger partial charge in [-0.15, -0.1) is 11.3 Å². The number of aromatic nitrogens is 2. The van der Waals surface area contributed by atoms with E-state index in [4.69, 9.17) is 0 Å². The fourth-order valence-electron chi connectivity index (χ4n) is 3.54. The highest BCUT2D eigenvalue weighted by Crippen LogP contribution is 2.26. The molecule has 3 heterocycles. The lowest BCUT2D eigenvalue weighted by atomic mass is 10.1. The minimum Gasteiger partial charge on any atom is -0.381 e. The van der Waals surface area contributed by atoms with Crippen LogP contribution in [0.3, 0.4) is 0 Å². The molecule has 2 aromatic rings. The Labute approximate surface area is 180 Å². The van der Waals surface area contributed by atoms with E-state index in [0.29, 0.717) is 23.0 Å². The van der Waals surface area contributed by atoms with E-state index < -0.39 is 0 Å². The quantitative estimate of drug-likeness (QED) is 0.510. The first-order valence-corrected chi connectivity index (χ1v) is 11.3. The molecule has 154 valence electrons. The first kappa shape index (κ1) is 20.1. The number of amides is 2. The van der Waals surface area contributed by atoms with Gasteiger partial charge >= 0.3 is 0 Å². The van der Waals surface area contributed by atoms with Crippen LogP contribution in [0.25, 0.3) is 4.83 Å². The topological polar surface area (TPSA) is 99.6 Å². The third kappa shape index (κ3) is 4.71. The molecular weight excluding hydrogens is 456 g/mol. The van der Waals surface area contributed by atoms with Crippen LogP contribution in [0.2, 0.25) is 0 Å². The van der Waals surface area contributed by atoms with Crippen molar-refractivity contribution in [3.8, 4) is 0 Å². The number of rotatable bonds is 6. The SMILES string of the molecule is CC1NC=C(NC(=O)CNC2CCCC2)C=C1NC(=O)c1cnn2cc(Br)sc12. The van der Waals surface area contributed by atoms with Gasteiger partial charge in [-0.2, -0.15) is 5.10 Å². The number of halogens is 1. The molecule has 1 aliphatic heterocycles. The maximum absolute atomic E-state index is 12.8. The number of hydrogen-bond donors (Lipinski definition) is 4. The summed E-state index contributed by atoms with van der Waals surface area (Å²) in [6.45, 7) is 2.23. The molecule has 2 aliphatic rings. The Morgan fingerprint density at radius 3 is 2.93 bits per heavy atom. The van der Waals surface area contributed by atoms with Crippen molar-refractivity contribution in [2.75, 3.05) is 6.54 Å². The largest absolute Gasteiger partial charge is 0.381 e. The third-order valence-electron chi connectivity index (χ3n) is 5.13. The maximum Gasteiger partial charge on any atom is 0.260 e. The van der Waals surface area contributed by atoms with Gasteiger partial charge in [0.25, 0.3) is 5.91 Å². The average Bonchev–Trinajstić information content (AvgIpc) is 3.40. The molecule has 8 nitrogen and oxygen atoms in total. The van der Waals surface area contributed by atoms with E-state index in [1.165, 1.54) is 24.2 Å². The van der Waals surface area contributed by atoms with Crippen molar-refractivity contribution in [2.24, 2.45) is 0 Å². The smallest absolute Gasteiger partial charge is 0.260 e. The van der Waals surface area contributed by atoms with Gasteiger partial charge in [0.15, 0.2) is 0 Å². The average molecular weight is 479 g/mol. The number of nitrogens with one attached hydrogen (secondary N) is 4. The highest BCUT2D eigenvalue weighted by Gasteiger charge is 2.21. The molecule has 0 saturated heterocycles. The molecule has 0 spiro atoms. The highest BCUT2D eigenvalue weighted by molar-refractivity contribution is 9.11. The van der Waals surface area contributed by atoms with E-state index in [1.54, 1.807) is 23.0 Å². The first-order chi connectivity index (χ1) is 14.0. The number of nitrogens with zero attached hydrogens (tertiary/aromatic N) is 2. The van der Waals surface area contributed by atoms with Crippen molar-refractivity contribution in [2.45, 2.75) is 44.7 Å². The second kappa shape index (κ2) is 8.68. The Kier molecular flexibility index (Phi) is 6.02. The Bertz CT molecular complexity index is 988. The van der Waals surface area contributed by atoms with Gasteiger partial charge in [0.1, 0.15) is 4.83 Å². The molecule has 4 rings (SSSR count). The van der Waals surface area contributed by atoms with Gasteiger partial charge in [-0.05, 0) is 41.8 Å². The van der Waals surface area contributed by atoms with Gasteiger partial charge in [-0.3, -0.25) is 9.59 Å². The summed E-state index contributed by atoms with van der Waals surface area (Å²) in [7, 11) is 0. The molecule has 1 saturated carbocycles. The zero-order valence-corrected chi connectivity index (χ0v) is 18.4. The Balaban J connectivity index is 1.38. The van der Waals surface area contributed by atoms with E-state index in [1.807, 2.05) is 13.1 Å². The summed E-state index contributed by atoms with van der Waals surface area (Å²) in [5.41, 5.74) is 1.82. The molecule has 29 heavy (non-hydrogen) atoms. The molecular formula is C19H23BrN6O2S. The Morgan fingerprint density at radius 2 is 2.14 bits per heavy atom. The van der Waals surface area contributed by atoms with Gasteiger partial charge in [0.05, 0.1) is 40.0 Å². The Morgan fingerprint density at radius 1 is 1.34 bits per heavy atom. The number of hydrogen-bond acceptors (Lipinski definition) is 6. The van der Waals surface area contributed by atoms with Crippen LogP contribution >= 0.6 is 27.3 Å². The molecule has 1 atom stereocenters. The van der Waals surface area contributed by atoms with E-state index in [2.05, 4.69) is 42.3 Å². The molecule has 10 heteroatoms. The summed E-state index contributed by atoms with van der Waals surface area (Å²) in [4.78, 5) is 25.8. The lowest BCUT2D eigenvalue weighted by Gasteiger charge is -2.23. The van der Waals surface area contributed by atoms with Gasteiger partial charge in [-0.25, -0.2) is 4.52 Å². The van der Waals surface area contributed by atoms with Crippen LogP contribution in [-0.2, 0) is 4.79 Å². The summed E-state index contributed by atoms with van der Waals surface area (Å²) in [6, 6.07) is 0.354. The molecule has 2 amide bonds. The lowest BCUT2D eigenvalue weighted by Crippen LogP contribution is -2.41. The van der Waals surface area contributed by atoms with Crippen molar-refractivity contribution in [3.05, 3.63) is 45.4 Å². The normalized spacial score (nSPS) is 19.6. The molecule has 2 aromatic heterocycles. The molecule has 1 unspecified atom stereocenters. The Hall–Kier alpha value is -2.17. The maximum atomic E-state index is 12.8. The lowest BCUT2D eigenvalue weighted by molar-refractivity contribution is -0.119. The number of allylic oxidation sites excluding steroid dienone is 1. The standard InChI is InChI=1S/C19H23BrN6O2S/c1-11-15(25-18(28)14-8-23-26-10-16(20)29-19(14)26)6-13(7-21-11)24-17(27)9-22-12-4-2-3-5-12/h6-8,10-12,21-22H,2-5,9H2,1H3,(H,24,27)(H,25,28). The fourth-order valence-corrected chi connectivity index (χ4v) is 4.98. The number of fused-ring (bicyclic) bond motifs is 1. The van der Waals surface area contributed by atoms with Gasteiger partial charge in [0, 0.05) is 17.9 Å². The summed E-state index contributed by atoms with van der Waals surface area (Å²) in [6.07, 6.45) is 11.6. The van der Waals surface area contributed by atoms with Crippen LogP contribution in [-0.4, -0.2) is 40.1 Å². The molecule has 1 aliphatic carbocycles. The van der Waals surface area contributed by atoms with Gasteiger partial charge < -0.3 is 21.3 Å². The highest BCUT2D eigenvalue weighted by atomic mass is 79.9. The summed E-state index contributed by atoms with van der Waals surface area (Å²) in [5.74, 6) is -0.326. The zero-order valence-electron chi connectivity index (χ0n) is 16.0. The van der Waals surface area contributed by atoms with Crippen molar-refractivity contribution in [3.63, 3.8) is 0 Å². The second-order valence-electron chi connectivity index (χ2n) is 7.30. The number of carbonyl (C=O) groups excluding carboxylic acids is 2. The minimum atomic E-state index is -0.232. The van der Waals surface area contributed by atoms with Crippen molar-refractivity contribution < 1.29 is 9.59 Å². The third-order valence-corrected chi connectivity index (χ3v) is 6.72. The summed E-state index contributed by atoms with van der Waals surface area (Å²) in [5, 5.41) is 16.5. The van der Waals surface area contributed by atoms with Crippen molar-refractivity contribution in [1.29, 1.82) is 0 Å². The monoisotopic (exact) mass is 478 g/mol.